The lowest BCUT2D eigenvalue weighted by atomic mass is 10.3. The van der Waals surface area contributed by atoms with Gasteiger partial charge in [-0.15, -0.1) is 0 Å². The Morgan fingerprint density at radius 2 is 2.20 bits per heavy atom. The number of sulfonamides is 1. The summed E-state index contributed by atoms with van der Waals surface area (Å²) in [6, 6.07) is 6.70. The quantitative estimate of drug-likeness (QED) is 0.767. The predicted octanol–water partition coefficient (Wildman–Crippen LogP) is 0.396. The number of hydrogen-bond donors (Lipinski definition) is 2. The van der Waals surface area contributed by atoms with Gasteiger partial charge in [-0.25, -0.2) is 8.42 Å². The van der Waals surface area contributed by atoms with Crippen LogP contribution in [-0.4, -0.2) is 27.8 Å². The van der Waals surface area contributed by atoms with Crippen LogP contribution in [0.4, 0.5) is 5.69 Å². The van der Waals surface area contributed by atoms with E-state index in [1.807, 2.05) is 0 Å². The van der Waals surface area contributed by atoms with Gasteiger partial charge in [0, 0.05) is 12.6 Å². The van der Waals surface area contributed by atoms with Gasteiger partial charge in [-0.1, -0.05) is 6.07 Å². The number of anilines is 1. The van der Waals surface area contributed by atoms with E-state index in [-0.39, 0.29) is 0 Å². The van der Waals surface area contributed by atoms with Crippen molar-refractivity contribution in [3.05, 3.63) is 24.3 Å². The lowest BCUT2D eigenvalue weighted by molar-refractivity contribution is 0.328. The molecule has 0 bridgehead atoms. The van der Waals surface area contributed by atoms with Gasteiger partial charge in [0.2, 0.25) is 10.0 Å². The molecule has 0 aliphatic carbocycles. The van der Waals surface area contributed by atoms with Gasteiger partial charge in [0.15, 0.2) is 0 Å². The van der Waals surface area contributed by atoms with Gasteiger partial charge >= 0.3 is 0 Å². The molecule has 0 saturated carbocycles. The number of nitrogens with two attached hydrogens (primary N) is 1. The second kappa shape index (κ2) is 4.99. The van der Waals surface area contributed by atoms with Gasteiger partial charge in [-0.2, -0.15) is 0 Å². The van der Waals surface area contributed by atoms with Crippen LogP contribution in [0.5, 0.6) is 5.75 Å². The molecule has 3 N–H and O–H groups in total. The number of rotatable bonds is 5. The first-order valence-corrected chi connectivity index (χ1v) is 6.31. The Kier molecular flexibility index (Phi) is 3.93. The van der Waals surface area contributed by atoms with Gasteiger partial charge in [0.25, 0.3) is 0 Å². The normalized spacial score (nSPS) is 11.1. The van der Waals surface area contributed by atoms with Crippen molar-refractivity contribution in [3.8, 4) is 5.75 Å². The summed E-state index contributed by atoms with van der Waals surface area (Å²) in [4.78, 5) is 0. The molecule has 15 heavy (non-hydrogen) atoms. The van der Waals surface area contributed by atoms with E-state index in [4.69, 9.17) is 10.5 Å². The molecule has 6 heteroatoms. The minimum atomic E-state index is -3.24. The molecule has 0 aliphatic heterocycles. The van der Waals surface area contributed by atoms with Crippen molar-refractivity contribution in [1.29, 1.82) is 0 Å². The summed E-state index contributed by atoms with van der Waals surface area (Å²) in [6.07, 6.45) is 1.10. The average Bonchev–Trinajstić information content (AvgIpc) is 2.12. The summed E-state index contributed by atoms with van der Waals surface area (Å²) < 4.78 is 29.5. The maximum Gasteiger partial charge on any atom is 0.229 e. The Labute approximate surface area is 89.3 Å². The zero-order chi connectivity index (χ0) is 11.3. The topological polar surface area (TPSA) is 81.4 Å². The van der Waals surface area contributed by atoms with Gasteiger partial charge in [0.1, 0.15) is 12.4 Å². The molecule has 0 aromatic heterocycles. The van der Waals surface area contributed by atoms with E-state index in [0.29, 0.717) is 24.6 Å². The molecular formula is C9H14N2O3S. The molecule has 0 spiro atoms. The molecule has 0 fully saturated rings. The lowest BCUT2D eigenvalue weighted by Crippen LogP contribution is -2.11. The molecule has 1 rings (SSSR count). The van der Waals surface area contributed by atoms with Crippen LogP contribution in [0.2, 0.25) is 0 Å². The minimum absolute atomic E-state index is 0.405. The maximum atomic E-state index is 11.0. The fraction of sp³-hybridized carbons (Fsp3) is 0.333. The van der Waals surface area contributed by atoms with Crippen LogP contribution in [0, 0.1) is 0 Å². The van der Waals surface area contributed by atoms with Crippen LogP contribution in [0.15, 0.2) is 24.3 Å². The number of hydrogen-bond acceptors (Lipinski definition) is 4. The van der Waals surface area contributed by atoms with Crippen LogP contribution in [0.25, 0.3) is 0 Å². The average molecular weight is 230 g/mol. The summed E-state index contributed by atoms with van der Waals surface area (Å²) in [5.41, 5.74) is 5.76. The molecule has 1 aromatic rings. The smallest absolute Gasteiger partial charge is 0.229 e. The third-order valence-electron chi connectivity index (χ3n) is 1.52. The maximum absolute atomic E-state index is 11.0. The predicted molar refractivity (Wildman–Crippen MR) is 59.5 cm³/mol. The SMILES string of the molecule is CS(=O)(=O)Nc1cccc(OCCN)c1. The largest absolute Gasteiger partial charge is 0.492 e. The van der Waals surface area contributed by atoms with Crippen molar-refractivity contribution in [2.45, 2.75) is 0 Å². The summed E-state index contributed by atoms with van der Waals surface area (Å²) >= 11 is 0. The van der Waals surface area contributed by atoms with Gasteiger partial charge in [0.05, 0.1) is 11.9 Å². The second-order valence-corrected chi connectivity index (χ2v) is 4.79. The molecule has 84 valence electrons. The van der Waals surface area contributed by atoms with E-state index in [2.05, 4.69) is 4.72 Å². The number of benzene rings is 1. The molecule has 5 nitrogen and oxygen atoms in total. The zero-order valence-corrected chi connectivity index (χ0v) is 9.25. The van der Waals surface area contributed by atoms with Crippen LogP contribution in [0.1, 0.15) is 0 Å². The summed E-state index contributed by atoms with van der Waals surface area (Å²) in [6.45, 7) is 0.825. The van der Waals surface area contributed by atoms with E-state index in [1.165, 1.54) is 0 Å². The fourth-order valence-corrected chi connectivity index (χ4v) is 1.60. The fourth-order valence-electron chi connectivity index (χ4n) is 1.04. The molecule has 0 heterocycles. The third kappa shape index (κ3) is 4.66. The van der Waals surface area contributed by atoms with Crippen LogP contribution in [0.3, 0.4) is 0 Å². The standard InChI is InChI=1S/C9H14N2O3S/c1-15(12,13)11-8-3-2-4-9(7-8)14-6-5-10/h2-4,7,11H,5-6,10H2,1H3. The monoisotopic (exact) mass is 230 g/mol. The first-order chi connectivity index (χ1) is 7.01. The summed E-state index contributed by atoms with van der Waals surface area (Å²) in [5, 5.41) is 0. The van der Waals surface area contributed by atoms with E-state index in [0.717, 1.165) is 6.26 Å². The highest BCUT2D eigenvalue weighted by atomic mass is 32.2. The van der Waals surface area contributed by atoms with Crippen LogP contribution in [-0.2, 0) is 10.0 Å². The molecule has 0 unspecified atom stereocenters. The first kappa shape index (κ1) is 11.8. The molecule has 0 atom stereocenters. The van der Waals surface area contributed by atoms with E-state index < -0.39 is 10.0 Å². The molecule has 0 radical (unpaired) electrons. The van der Waals surface area contributed by atoms with E-state index in [9.17, 15) is 8.42 Å². The van der Waals surface area contributed by atoms with Crippen molar-refractivity contribution in [2.75, 3.05) is 24.1 Å². The number of nitrogens with one attached hydrogen (secondary N) is 1. The van der Waals surface area contributed by atoms with Crippen molar-refractivity contribution in [2.24, 2.45) is 5.73 Å². The number of ether oxygens (including phenoxy) is 1. The zero-order valence-electron chi connectivity index (χ0n) is 8.43. The third-order valence-corrected chi connectivity index (χ3v) is 2.13. The van der Waals surface area contributed by atoms with Crippen molar-refractivity contribution < 1.29 is 13.2 Å². The lowest BCUT2D eigenvalue weighted by Gasteiger charge is -2.07. The highest BCUT2D eigenvalue weighted by Gasteiger charge is 2.02. The van der Waals surface area contributed by atoms with Gasteiger partial charge in [-0.3, -0.25) is 4.72 Å². The highest BCUT2D eigenvalue weighted by Crippen LogP contribution is 2.17. The molecule has 1 aromatic carbocycles. The van der Waals surface area contributed by atoms with Crippen LogP contribution < -0.4 is 15.2 Å². The van der Waals surface area contributed by atoms with Crippen molar-refractivity contribution in [3.63, 3.8) is 0 Å². The second-order valence-electron chi connectivity index (χ2n) is 3.04. The molecule has 0 saturated heterocycles. The summed E-state index contributed by atoms with van der Waals surface area (Å²) in [7, 11) is -3.24. The summed E-state index contributed by atoms with van der Waals surface area (Å²) in [5.74, 6) is 0.592. The van der Waals surface area contributed by atoms with Crippen molar-refractivity contribution >= 4 is 15.7 Å². The Balaban J connectivity index is 2.74. The Bertz CT molecular complexity index is 417. The van der Waals surface area contributed by atoms with Gasteiger partial charge in [-0.05, 0) is 12.1 Å². The van der Waals surface area contributed by atoms with E-state index in [1.54, 1.807) is 24.3 Å². The molecule has 0 aliphatic rings. The van der Waals surface area contributed by atoms with Crippen LogP contribution >= 0.6 is 0 Å². The first-order valence-electron chi connectivity index (χ1n) is 4.42. The Morgan fingerprint density at radius 1 is 1.47 bits per heavy atom. The molecular weight excluding hydrogens is 216 g/mol. The van der Waals surface area contributed by atoms with Gasteiger partial charge < -0.3 is 10.5 Å². The van der Waals surface area contributed by atoms with Crippen molar-refractivity contribution in [1.82, 2.24) is 0 Å². The van der Waals surface area contributed by atoms with E-state index >= 15 is 0 Å². The highest BCUT2D eigenvalue weighted by molar-refractivity contribution is 7.92. The molecule has 0 amide bonds. The minimum Gasteiger partial charge on any atom is -0.492 e. The Morgan fingerprint density at radius 3 is 2.80 bits per heavy atom. The Hall–Kier alpha value is -1.27.